The molecule has 0 bridgehead atoms. The number of rotatable bonds is 8. The molecule has 0 saturated carbocycles. The standard InChI is InChI=1S/C28H32N4O3S/c1-3-23-15-26(32-12-5-4-7-19(32)2)31-28(30-23)36-17-21-8-6-9-22(13-21)27(33)29-16-20-10-11-24-25(14-20)35-18-34-24/h6,8-11,13-15,19H,3-5,7,12,16-18H2,1-2H3,(H,29,33). The Hall–Kier alpha value is -3.26. The minimum Gasteiger partial charge on any atom is -0.454 e. The van der Waals surface area contributed by atoms with E-state index in [0.29, 0.717) is 29.7 Å². The molecule has 0 aliphatic carbocycles. The van der Waals surface area contributed by atoms with Crippen LogP contribution in [-0.2, 0) is 18.7 Å². The van der Waals surface area contributed by atoms with E-state index in [1.807, 2.05) is 42.5 Å². The van der Waals surface area contributed by atoms with Gasteiger partial charge in [0, 0.05) is 42.2 Å². The van der Waals surface area contributed by atoms with E-state index in [9.17, 15) is 4.79 Å². The zero-order valence-corrected chi connectivity index (χ0v) is 21.6. The molecule has 36 heavy (non-hydrogen) atoms. The van der Waals surface area contributed by atoms with Gasteiger partial charge in [-0.05, 0) is 68.0 Å². The molecule has 1 unspecified atom stereocenters. The number of ether oxygens (including phenoxy) is 2. The lowest BCUT2D eigenvalue weighted by Gasteiger charge is -2.34. The average molecular weight is 505 g/mol. The van der Waals surface area contributed by atoms with Crippen molar-refractivity contribution in [1.29, 1.82) is 0 Å². The topological polar surface area (TPSA) is 76.6 Å². The minimum atomic E-state index is -0.106. The Morgan fingerprint density at radius 3 is 2.83 bits per heavy atom. The third-order valence-corrected chi connectivity index (χ3v) is 7.57. The van der Waals surface area contributed by atoms with Gasteiger partial charge in [-0.2, -0.15) is 0 Å². The summed E-state index contributed by atoms with van der Waals surface area (Å²) in [5.41, 5.74) is 3.73. The Morgan fingerprint density at radius 2 is 1.97 bits per heavy atom. The van der Waals surface area contributed by atoms with Gasteiger partial charge in [0.15, 0.2) is 16.7 Å². The number of nitrogens with one attached hydrogen (secondary N) is 1. The first kappa shape index (κ1) is 24.4. The quantitative estimate of drug-likeness (QED) is 0.326. The zero-order valence-electron chi connectivity index (χ0n) is 20.8. The van der Waals surface area contributed by atoms with Crippen LogP contribution in [-0.4, -0.2) is 35.3 Å². The molecule has 1 fully saturated rings. The van der Waals surface area contributed by atoms with Crippen LogP contribution in [0.25, 0.3) is 0 Å². The highest BCUT2D eigenvalue weighted by Crippen LogP contribution is 2.32. The van der Waals surface area contributed by atoms with Crippen molar-refractivity contribution < 1.29 is 14.3 Å². The van der Waals surface area contributed by atoms with E-state index >= 15 is 0 Å². The van der Waals surface area contributed by atoms with Crippen molar-refractivity contribution in [2.24, 2.45) is 0 Å². The normalized spacial score (nSPS) is 16.7. The highest BCUT2D eigenvalue weighted by Gasteiger charge is 2.21. The third kappa shape index (κ3) is 5.75. The van der Waals surface area contributed by atoms with Gasteiger partial charge in [0.1, 0.15) is 5.82 Å². The number of aryl methyl sites for hydroxylation is 1. The van der Waals surface area contributed by atoms with Gasteiger partial charge >= 0.3 is 0 Å². The summed E-state index contributed by atoms with van der Waals surface area (Å²) < 4.78 is 10.8. The van der Waals surface area contributed by atoms with Gasteiger partial charge in [-0.1, -0.05) is 36.9 Å². The summed E-state index contributed by atoms with van der Waals surface area (Å²) in [6, 6.07) is 16.1. The predicted octanol–water partition coefficient (Wildman–Crippen LogP) is 5.37. The summed E-state index contributed by atoms with van der Waals surface area (Å²) in [7, 11) is 0. The number of thioether (sulfide) groups is 1. The van der Waals surface area contributed by atoms with Crippen LogP contribution >= 0.6 is 11.8 Å². The minimum absolute atomic E-state index is 0.106. The summed E-state index contributed by atoms with van der Waals surface area (Å²) in [4.78, 5) is 24.9. The first-order valence-corrected chi connectivity index (χ1v) is 13.6. The van der Waals surface area contributed by atoms with E-state index in [4.69, 9.17) is 19.4 Å². The summed E-state index contributed by atoms with van der Waals surface area (Å²) in [5.74, 6) is 3.08. The molecule has 8 heteroatoms. The molecule has 2 aromatic carbocycles. The lowest BCUT2D eigenvalue weighted by atomic mass is 10.0. The van der Waals surface area contributed by atoms with Crippen LogP contribution in [0.1, 0.15) is 60.3 Å². The molecule has 1 amide bonds. The number of hydrogen-bond donors (Lipinski definition) is 1. The maximum absolute atomic E-state index is 12.8. The molecule has 1 aromatic heterocycles. The fourth-order valence-corrected chi connectivity index (χ4v) is 5.39. The number of fused-ring (bicyclic) bond motifs is 1. The third-order valence-electron chi connectivity index (χ3n) is 6.65. The highest BCUT2D eigenvalue weighted by atomic mass is 32.2. The van der Waals surface area contributed by atoms with Gasteiger partial charge in [0.2, 0.25) is 6.79 Å². The lowest BCUT2D eigenvalue weighted by Crippen LogP contribution is -2.38. The van der Waals surface area contributed by atoms with Crippen molar-refractivity contribution in [3.05, 3.63) is 70.9 Å². The van der Waals surface area contributed by atoms with Crippen molar-refractivity contribution >= 4 is 23.5 Å². The van der Waals surface area contributed by atoms with Gasteiger partial charge in [-0.3, -0.25) is 4.79 Å². The van der Waals surface area contributed by atoms with Gasteiger partial charge in [0.25, 0.3) is 5.91 Å². The van der Waals surface area contributed by atoms with E-state index < -0.39 is 0 Å². The van der Waals surface area contributed by atoms with Crippen LogP contribution in [0.5, 0.6) is 11.5 Å². The largest absolute Gasteiger partial charge is 0.454 e. The first-order chi connectivity index (χ1) is 17.6. The number of benzene rings is 2. The maximum atomic E-state index is 12.8. The van der Waals surface area contributed by atoms with Gasteiger partial charge in [-0.25, -0.2) is 9.97 Å². The number of nitrogens with zero attached hydrogens (tertiary/aromatic N) is 3. The van der Waals surface area contributed by atoms with Crippen LogP contribution in [0.3, 0.4) is 0 Å². The molecular weight excluding hydrogens is 472 g/mol. The SMILES string of the molecule is CCc1cc(N2CCCCC2C)nc(SCc2cccc(C(=O)NCc3ccc4c(c3)OCO4)c2)n1. The molecule has 3 heterocycles. The first-order valence-electron chi connectivity index (χ1n) is 12.6. The van der Waals surface area contributed by atoms with Gasteiger partial charge in [0.05, 0.1) is 0 Å². The zero-order chi connectivity index (χ0) is 24.9. The van der Waals surface area contributed by atoms with Crippen molar-refractivity contribution in [3.63, 3.8) is 0 Å². The molecule has 5 rings (SSSR count). The molecule has 7 nitrogen and oxygen atoms in total. The van der Waals surface area contributed by atoms with Crippen molar-refractivity contribution in [3.8, 4) is 11.5 Å². The Bertz CT molecular complexity index is 1240. The molecule has 188 valence electrons. The smallest absolute Gasteiger partial charge is 0.251 e. The van der Waals surface area contributed by atoms with Gasteiger partial charge in [-0.15, -0.1) is 0 Å². The van der Waals surface area contributed by atoms with Crippen LogP contribution in [0.4, 0.5) is 5.82 Å². The Balaban J connectivity index is 1.22. The Labute approximate surface area is 216 Å². The molecule has 0 spiro atoms. The number of aromatic nitrogens is 2. The monoisotopic (exact) mass is 504 g/mol. The molecule has 2 aliphatic rings. The number of piperidine rings is 1. The van der Waals surface area contributed by atoms with E-state index in [2.05, 4.69) is 30.1 Å². The van der Waals surface area contributed by atoms with E-state index in [-0.39, 0.29) is 12.7 Å². The number of amides is 1. The molecule has 0 radical (unpaired) electrons. The summed E-state index contributed by atoms with van der Waals surface area (Å²) in [6.07, 6.45) is 4.58. The second-order valence-electron chi connectivity index (χ2n) is 9.25. The summed E-state index contributed by atoms with van der Waals surface area (Å²) in [5, 5.41) is 3.79. The highest BCUT2D eigenvalue weighted by molar-refractivity contribution is 7.98. The molecule has 2 aliphatic heterocycles. The maximum Gasteiger partial charge on any atom is 0.251 e. The van der Waals surface area contributed by atoms with E-state index in [1.165, 1.54) is 19.3 Å². The molecule has 1 atom stereocenters. The van der Waals surface area contributed by atoms with Gasteiger partial charge < -0.3 is 19.7 Å². The lowest BCUT2D eigenvalue weighted by molar-refractivity contribution is 0.0950. The molecule has 1 saturated heterocycles. The number of hydrogen-bond acceptors (Lipinski definition) is 7. The van der Waals surface area contributed by atoms with Crippen LogP contribution in [0.15, 0.2) is 53.7 Å². The van der Waals surface area contributed by atoms with Crippen LogP contribution in [0.2, 0.25) is 0 Å². The van der Waals surface area contributed by atoms with Crippen molar-refractivity contribution in [2.45, 2.75) is 63.0 Å². The van der Waals surface area contributed by atoms with E-state index in [0.717, 1.165) is 46.5 Å². The molecule has 1 N–H and O–H groups in total. The second-order valence-corrected chi connectivity index (χ2v) is 10.2. The predicted molar refractivity (Wildman–Crippen MR) is 142 cm³/mol. The molecular formula is C28H32N4O3S. The van der Waals surface area contributed by atoms with Crippen molar-refractivity contribution in [2.75, 3.05) is 18.2 Å². The average Bonchev–Trinajstić information content (AvgIpc) is 3.39. The fourth-order valence-electron chi connectivity index (χ4n) is 4.58. The van der Waals surface area contributed by atoms with E-state index in [1.54, 1.807) is 11.8 Å². The van der Waals surface area contributed by atoms with Crippen LogP contribution < -0.4 is 19.7 Å². The number of carbonyl (C=O) groups is 1. The Kier molecular flexibility index (Phi) is 7.60. The second kappa shape index (κ2) is 11.2. The van der Waals surface area contributed by atoms with Crippen molar-refractivity contribution in [1.82, 2.24) is 15.3 Å². The molecule has 3 aromatic rings. The number of carbonyl (C=O) groups excluding carboxylic acids is 1. The summed E-state index contributed by atoms with van der Waals surface area (Å²) >= 11 is 1.62. The van der Waals surface area contributed by atoms with Crippen LogP contribution in [0, 0.1) is 0 Å². The Morgan fingerprint density at radius 1 is 1.08 bits per heavy atom. The fraction of sp³-hybridized carbons (Fsp3) is 0.393. The summed E-state index contributed by atoms with van der Waals surface area (Å²) in [6.45, 7) is 6.12. The number of anilines is 1.